The molecule has 0 fully saturated rings. The molecule has 1 atom stereocenters. The van der Waals surface area contributed by atoms with Crippen LogP contribution in [0.5, 0.6) is 0 Å². The predicted octanol–water partition coefficient (Wildman–Crippen LogP) is 0.549. The van der Waals surface area contributed by atoms with Crippen LogP contribution in [0.4, 0.5) is 0 Å². The molecule has 0 aliphatic rings. The summed E-state index contributed by atoms with van der Waals surface area (Å²) in [5.74, 6) is 0.0562. The van der Waals surface area contributed by atoms with E-state index in [1.54, 1.807) is 6.92 Å². The monoisotopic (exact) mass is 189 g/mol. The largest absolute Gasteiger partial charge is 0.465 e. The van der Waals surface area contributed by atoms with Crippen LogP contribution in [-0.4, -0.2) is 31.8 Å². The van der Waals surface area contributed by atoms with E-state index in [4.69, 9.17) is 15.2 Å². The van der Waals surface area contributed by atoms with Crippen LogP contribution in [0.25, 0.3) is 0 Å². The van der Waals surface area contributed by atoms with Gasteiger partial charge in [-0.3, -0.25) is 4.79 Å². The molecule has 2 N–H and O–H groups in total. The maximum atomic E-state index is 11.0. The van der Waals surface area contributed by atoms with Crippen molar-refractivity contribution in [3.63, 3.8) is 0 Å². The van der Waals surface area contributed by atoms with Crippen LogP contribution in [0, 0.1) is 5.92 Å². The molecule has 13 heavy (non-hydrogen) atoms. The molecule has 1 unspecified atom stereocenters. The van der Waals surface area contributed by atoms with Crippen molar-refractivity contribution in [2.45, 2.75) is 26.8 Å². The van der Waals surface area contributed by atoms with Crippen molar-refractivity contribution in [3.8, 4) is 0 Å². The second-order valence-electron chi connectivity index (χ2n) is 3.29. The van der Waals surface area contributed by atoms with E-state index in [2.05, 4.69) is 0 Å². The maximum Gasteiger partial charge on any atom is 0.325 e. The molecule has 0 rings (SSSR count). The Kier molecular flexibility index (Phi) is 6.54. The summed E-state index contributed by atoms with van der Waals surface area (Å²) in [6.07, 6.45) is 0. The van der Waals surface area contributed by atoms with Crippen LogP contribution in [-0.2, 0) is 14.3 Å². The Morgan fingerprint density at radius 3 is 2.46 bits per heavy atom. The molecule has 0 aromatic carbocycles. The van der Waals surface area contributed by atoms with Crippen molar-refractivity contribution in [2.75, 3.05) is 19.8 Å². The molecule has 0 aliphatic carbocycles. The third-order valence-electron chi connectivity index (χ3n) is 1.34. The lowest BCUT2D eigenvalue weighted by atomic mass is 10.2. The highest BCUT2D eigenvalue weighted by Gasteiger charge is 2.14. The fraction of sp³-hybridized carbons (Fsp3) is 0.889. The molecule has 4 nitrogen and oxygen atoms in total. The maximum absolute atomic E-state index is 11.0. The van der Waals surface area contributed by atoms with Crippen molar-refractivity contribution < 1.29 is 14.3 Å². The van der Waals surface area contributed by atoms with Crippen molar-refractivity contribution in [1.29, 1.82) is 0 Å². The van der Waals surface area contributed by atoms with E-state index in [1.807, 2.05) is 13.8 Å². The molecule has 78 valence electrons. The van der Waals surface area contributed by atoms with Gasteiger partial charge in [-0.25, -0.2) is 0 Å². The lowest BCUT2D eigenvalue weighted by Gasteiger charge is -2.11. The molecule has 0 amide bonds. The van der Waals surface area contributed by atoms with Crippen molar-refractivity contribution in [3.05, 3.63) is 0 Å². The Balaban J connectivity index is 3.49. The highest BCUT2D eigenvalue weighted by atomic mass is 16.5. The van der Waals surface area contributed by atoms with Crippen LogP contribution < -0.4 is 5.73 Å². The average Bonchev–Trinajstić information content (AvgIpc) is 2.04. The molecule has 0 aromatic rings. The minimum atomic E-state index is -0.654. The summed E-state index contributed by atoms with van der Waals surface area (Å²) in [4.78, 5) is 11.0. The van der Waals surface area contributed by atoms with Crippen molar-refractivity contribution >= 4 is 5.97 Å². The summed E-state index contributed by atoms with van der Waals surface area (Å²) in [5, 5.41) is 0. The number of rotatable bonds is 6. The Bertz CT molecular complexity index is 148. The topological polar surface area (TPSA) is 61.5 Å². The third-order valence-corrected chi connectivity index (χ3v) is 1.34. The van der Waals surface area contributed by atoms with E-state index in [9.17, 15) is 4.79 Å². The highest BCUT2D eigenvalue weighted by Crippen LogP contribution is 1.94. The molecule has 0 saturated carbocycles. The highest BCUT2D eigenvalue weighted by molar-refractivity contribution is 5.75. The van der Waals surface area contributed by atoms with Gasteiger partial charge in [0, 0.05) is 6.61 Å². The van der Waals surface area contributed by atoms with Crippen molar-refractivity contribution in [1.82, 2.24) is 0 Å². The zero-order valence-corrected chi connectivity index (χ0v) is 8.58. The van der Waals surface area contributed by atoms with Gasteiger partial charge >= 0.3 is 5.97 Å². The van der Waals surface area contributed by atoms with Crippen LogP contribution in [0.2, 0.25) is 0 Å². The van der Waals surface area contributed by atoms with E-state index in [-0.39, 0.29) is 6.61 Å². The summed E-state index contributed by atoms with van der Waals surface area (Å²) in [6.45, 7) is 7.03. The van der Waals surface area contributed by atoms with Gasteiger partial charge in [-0.05, 0) is 12.8 Å². The van der Waals surface area contributed by atoms with Gasteiger partial charge in [0.1, 0.15) is 6.04 Å². The van der Waals surface area contributed by atoms with Gasteiger partial charge < -0.3 is 15.2 Å². The molecule has 0 saturated heterocycles. The standard InChI is InChI=1S/C9H19NO3/c1-4-13-9(11)8(10)6-12-5-7(2)3/h7-8H,4-6,10H2,1-3H3. The van der Waals surface area contributed by atoms with Gasteiger partial charge in [0.15, 0.2) is 0 Å². The number of hydrogen-bond acceptors (Lipinski definition) is 4. The Morgan fingerprint density at radius 2 is 2.00 bits per heavy atom. The normalized spacial score (nSPS) is 13.0. The summed E-state index contributed by atoms with van der Waals surface area (Å²) >= 11 is 0. The summed E-state index contributed by atoms with van der Waals surface area (Å²) in [7, 11) is 0. The molecule has 0 radical (unpaired) electrons. The van der Waals surface area contributed by atoms with E-state index < -0.39 is 12.0 Å². The van der Waals surface area contributed by atoms with Gasteiger partial charge in [-0.2, -0.15) is 0 Å². The minimum absolute atomic E-state index is 0.233. The quantitative estimate of drug-likeness (QED) is 0.620. The Morgan fingerprint density at radius 1 is 1.38 bits per heavy atom. The zero-order valence-electron chi connectivity index (χ0n) is 8.58. The average molecular weight is 189 g/mol. The van der Waals surface area contributed by atoms with Crippen molar-refractivity contribution in [2.24, 2.45) is 11.7 Å². The number of ether oxygens (including phenoxy) is 2. The number of carbonyl (C=O) groups is 1. The summed E-state index contributed by atoms with van der Waals surface area (Å²) in [6, 6.07) is -0.654. The van der Waals surface area contributed by atoms with Gasteiger partial charge in [0.25, 0.3) is 0 Å². The summed E-state index contributed by atoms with van der Waals surface area (Å²) in [5.41, 5.74) is 5.49. The second-order valence-corrected chi connectivity index (χ2v) is 3.29. The smallest absolute Gasteiger partial charge is 0.325 e. The first-order chi connectivity index (χ1) is 6.07. The fourth-order valence-corrected chi connectivity index (χ4v) is 0.748. The van der Waals surface area contributed by atoms with Crippen LogP contribution in [0.15, 0.2) is 0 Å². The van der Waals surface area contributed by atoms with E-state index in [0.29, 0.717) is 19.1 Å². The van der Waals surface area contributed by atoms with Gasteiger partial charge in [-0.15, -0.1) is 0 Å². The summed E-state index contributed by atoms with van der Waals surface area (Å²) < 4.78 is 9.92. The first-order valence-electron chi connectivity index (χ1n) is 4.57. The third kappa shape index (κ3) is 6.54. The molecule has 0 heterocycles. The first-order valence-corrected chi connectivity index (χ1v) is 4.57. The van der Waals surface area contributed by atoms with Gasteiger partial charge in [0.2, 0.25) is 0 Å². The minimum Gasteiger partial charge on any atom is -0.465 e. The fourth-order valence-electron chi connectivity index (χ4n) is 0.748. The molecule has 0 aliphatic heterocycles. The second kappa shape index (κ2) is 6.86. The predicted molar refractivity (Wildman–Crippen MR) is 50.3 cm³/mol. The number of esters is 1. The molecule has 0 aromatic heterocycles. The molecule has 0 bridgehead atoms. The zero-order chi connectivity index (χ0) is 10.3. The van der Waals surface area contributed by atoms with Crippen LogP contribution in [0.3, 0.4) is 0 Å². The van der Waals surface area contributed by atoms with Crippen LogP contribution >= 0.6 is 0 Å². The van der Waals surface area contributed by atoms with Crippen LogP contribution in [0.1, 0.15) is 20.8 Å². The number of carbonyl (C=O) groups excluding carboxylic acids is 1. The Hall–Kier alpha value is -0.610. The molecule has 0 spiro atoms. The molecular weight excluding hydrogens is 170 g/mol. The lowest BCUT2D eigenvalue weighted by Crippen LogP contribution is -2.37. The van der Waals surface area contributed by atoms with E-state index >= 15 is 0 Å². The molecular formula is C9H19NO3. The SMILES string of the molecule is CCOC(=O)C(N)COCC(C)C. The van der Waals surface area contributed by atoms with Gasteiger partial charge in [0.05, 0.1) is 13.2 Å². The first kappa shape index (κ1) is 12.4. The lowest BCUT2D eigenvalue weighted by molar-refractivity contribution is -0.146. The molecule has 4 heteroatoms. The number of nitrogens with two attached hydrogens (primary N) is 1. The number of hydrogen-bond donors (Lipinski definition) is 1. The van der Waals surface area contributed by atoms with E-state index in [0.717, 1.165) is 0 Å². The van der Waals surface area contributed by atoms with E-state index in [1.165, 1.54) is 0 Å². The van der Waals surface area contributed by atoms with Gasteiger partial charge in [-0.1, -0.05) is 13.8 Å². The Labute approximate surface area is 79.4 Å².